The molecule has 0 radical (unpaired) electrons. The van der Waals surface area contributed by atoms with Crippen molar-refractivity contribution in [1.82, 2.24) is 19.8 Å². The maximum Gasteiger partial charge on any atom is 0.233 e. The topological polar surface area (TPSA) is 77.0 Å². The first-order valence-electron chi connectivity index (χ1n) is 7.03. The minimum absolute atomic E-state index is 0.0675. The number of carbonyl (C=O) groups is 1. The highest BCUT2D eigenvalue weighted by Gasteiger charge is 2.20. The first-order chi connectivity index (χ1) is 10.7. The summed E-state index contributed by atoms with van der Waals surface area (Å²) >= 11 is 1.21. The summed E-state index contributed by atoms with van der Waals surface area (Å²) in [5.74, 6) is 6.08. The quantitative estimate of drug-likeness (QED) is 0.682. The van der Waals surface area contributed by atoms with Gasteiger partial charge in [-0.25, -0.2) is 9.07 Å². The number of carbonyl (C=O) groups excluding carboxylic acids is 1. The molecule has 2 heterocycles. The average Bonchev–Trinajstić information content (AvgIpc) is 3.16. The fraction of sp³-hybridized carbons (Fsp3) is 0.357. The Balaban J connectivity index is 1.71. The van der Waals surface area contributed by atoms with Gasteiger partial charge in [-0.3, -0.25) is 4.79 Å². The Kier molecular flexibility index (Phi) is 4.28. The molecule has 1 aliphatic heterocycles. The van der Waals surface area contributed by atoms with Crippen LogP contribution in [-0.4, -0.2) is 44.5 Å². The Labute approximate surface area is 131 Å². The van der Waals surface area contributed by atoms with Gasteiger partial charge in [-0.2, -0.15) is 0 Å². The van der Waals surface area contributed by atoms with Crippen molar-refractivity contribution < 1.29 is 9.18 Å². The number of thioether (sulfide) groups is 1. The van der Waals surface area contributed by atoms with Crippen molar-refractivity contribution in [3.8, 4) is 11.4 Å². The van der Waals surface area contributed by atoms with Gasteiger partial charge in [0.15, 0.2) is 5.82 Å². The van der Waals surface area contributed by atoms with E-state index in [0.29, 0.717) is 5.16 Å². The van der Waals surface area contributed by atoms with Crippen LogP contribution < -0.4 is 5.84 Å². The summed E-state index contributed by atoms with van der Waals surface area (Å²) in [5.41, 5.74) is 0.287. The first kappa shape index (κ1) is 14.8. The maximum absolute atomic E-state index is 13.8. The van der Waals surface area contributed by atoms with Crippen molar-refractivity contribution in [1.29, 1.82) is 0 Å². The van der Waals surface area contributed by atoms with Gasteiger partial charge in [0.1, 0.15) is 5.82 Å². The fourth-order valence-electron chi connectivity index (χ4n) is 2.39. The molecule has 1 aliphatic rings. The molecule has 116 valence electrons. The van der Waals surface area contributed by atoms with Crippen molar-refractivity contribution >= 4 is 17.7 Å². The zero-order chi connectivity index (χ0) is 15.5. The van der Waals surface area contributed by atoms with Gasteiger partial charge in [0.25, 0.3) is 0 Å². The van der Waals surface area contributed by atoms with Crippen LogP contribution in [0, 0.1) is 5.82 Å². The van der Waals surface area contributed by atoms with Gasteiger partial charge in [-0.15, -0.1) is 10.2 Å². The molecule has 0 atom stereocenters. The lowest BCUT2D eigenvalue weighted by atomic mass is 10.2. The van der Waals surface area contributed by atoms with E-state index < -0.39 is 5.82 Å². The first-order valence-corrected chi connectivity index (χ1v) is 8.01. The van der Waals surface area contributed by atoms with Crippen LogP contribution in [0.3, 0.4) is 0 Å². The van der Waals surface area contributed by atoms with Crippen LogP contribution in [0.5, 0.6) is 0 Å². The second-order valence-corrected chi connectivity index (χ2v) is 5.98. The van der Waals surface area contributed by atoms with Crippen LogP contribution in [0.2, 0.25) is 0 Å². The third-order valence-corrected chi connectivity index (χ3v) is 4.49. The number of likely N-dealkylation sites (tertiary alicyclic amines) is 1. The molecule has 0 bridgehead atoms. The predicted molar refractivity (Wildman–Crippen MR) is 82.1 cm³/mol. The molecule has 0 saturated carbocycles. The van der Waals surface area contributed by atoms with Crippen LogP contribution in [0.4, 0.5) is 4.39 Å². The largest absolute Gasteiger partial charge is 0.342 e. The maximum atomic E-state index is 13.8. The van der Waals surface area contributed by atoms with Gasteiger partial charge >= 0.3 is 0 Å². The molecule has 0 aliphatic carbocycles. The Hall–Kier alpha value is -2.09. The second kappa shape index (κ2) is 6.35. The van der Waals surface area contributed by atoms with Crippen LogP contribution in [0.25, 0.3) is 11.4 Å². The van der Waals surface area contributed by atoms with E-state index in [1.807, 2.05) is 4.90 Å². The Morgan fingerprint density at radius 3 is 2.73 bits per heavy atom. The lowest BCUT2D eigenvalue weighted by Crippen LogP contribution is -2.29. The molecule has 1 amide bonds. The van der Waals surface area contributed by atoms with Crippen molar-refractivity contribution in [2.75, 3.05) is 24.7 Å². The van der Waals surface area contributed by atoms with Gasteiger partial charge < -0.3 is 10.7 Å². The summed E-state index contributed by atoms with van der Waals surface area (Å²) in [4.78, 5) is 13.8. The zero-order valence-corrected chi connectivity index (χ0v) is 12.7. The van der Waals surface area contributed by atoms with Gasteiger partial charge in [-0.05, 0) is 25.0 Å². The normalized spacial score (nSPS) is 14.5. The molecule has 1 aromatic heterocycles. The molecule has 1 aromatic carbocycles. The molecule has 2 N–H and O–H groups in total. The number of aromatic nitrogens is 3. The van der Waals surface area contributed by atoms with Crippen LogP contribution >= 0.6 is 11.8 Å². The number of nitrogens with two attached hydrogens (primary N) is 1. The van der Waals surface area contributed by atoms with Crippen molar-refractivity contribution in [3.63, 3.8) is 0 Å². The fourth-order valence-corrected chi connectivity index (χ4v) is 3.15. The van der Waals surface area contributed by atoms with Crippen molar-refractivity contribution in [2.24, 2.45) is 0 Å². The van der Waals surface area contributed by atoms with Gasteiger partial charge in [0, 0.05) is 13.1 Å². The number of hydrogen-bond donors (Lipinski definition) is 1. The van der Waals surface area contributed by atoms with Gasteiger partial charge in [0.05, 0.1) is 11.3 Å². The predicted octanol–water partition coefficient (Wildman–Crippen LogP) is 1.51. The number of rotatable bonds is 4. The monoisotopic (exact) mass is 321 g/mol. The van der Waals surface area contributed by atoms with Gasteiger partial charge in [-0.1, -0.05) is 23.9 Å². The van der Waals surface area contributed by atoms with E-state index in [4.69, 9.17) is 5.84 Å². The molecular formula is C14H16FN5OS. The van der Waals surface area contributed by atoms with Crippen molar-refractivity contribution in [2.45, 2.75) is 18.0 Å². The van der Waals surface area contributed by atoms with E-state index in [0.717, 1.165) is 25.9 Å². The van der Waals surface area contributed by atoms with Crippen molar-refractivity contribution in [3.05, 3.63) is 30.1 Å². The molecular weight excluding hydrogens is 305 g/mol. The van der Waals surface area contributed by atoms with Crippen LogP contribution in [0.15, 0.2) is 29.4 Å². The Morgan fingerprint density at radius 1 is 1.27 bits per heavy atom. The summed E-state index contributed by atoms with van der Waals surface area (Å²) < 4.78 is 15.0. The third-order valence-electron chi connectivity index (χ3n) is 3.56. The number of nitrogens with zero attached hydrogens (tertiary/aromatic N) is 4. The average molecular weight is 321 g/mol. The van der Waals surface area contributed by atoms with Crippen LogP contribution in [-0.2, 0) is 4.79 Å². The molecule has 2 aromatic rings. The highest BCUT2D eigenvalue weighted by molar-refractivity contribution is 7.99. The molecule has 1 fully saturated rings. The standard InChI is InChI=1S/C14H16FN5OS/c15-11-6-2-1-5-10(11)13-17-18-14(20(13)16)22-9-12(21)19-7-3-4-8-19/h1-2,5-6H,3-4,7-9,16H2. The Morgan fingerprint density at radius 2 is 2.00 bits per heavy atom. The summed E-state index contributed by atoms with van der Waals surface area (Å²) in [6.07, 6.45) is 2.11. The van der Waals surface area contributed by atoms with E-state index >= 15 is 0 Å². The summed E-state index contributed by atoms with van der Waals surface area (Å²) in [6.45, 7) is 1.63. The summed E-state index contributed by atoms with van der Waals surface area (Å²) in [7, 11) is 0. The van der Waals surface area contributed by atoms with E-state index in [1.54, 1.807) is 18.2 Å². The minimum atomic E-state index is -0.411. The molecule has 3 rings (SSSR count). The highest BCUT2D eigenvalue weighted by atomic mass is 32.2. The van der Waals surface area contributed by atoms with Gasteiger partial charge in [0.2, 0.25) is 11.1 Å². The lowest BCUT2D eigenvalue weighted by molar-refractivity contribution is -0.127. The summed E-state index contributed by atoms with van der Waals surface area (Å²) in [6, 6.07) is 6.23. The lowest BCUT2D eigenvalue weighted by Gasteiger charge is -2.14. The molecule has 8 heteroatoms. The molecule has 6 nitrogen and oxygen atoms in total. The number of amides is 1. The second-order valence-electron chi connectivity index (χ2n) is 5.03. The molecule has 0 spiro atoms. The Bertz CT molecular complexity index is 684. The molecule has 0 unspecified atom stereocenters. The number of benzene rings is 1. The minimum Gasteiger partial charge on any atom is -0.342 e. The number of nitrogen functional groups attached to an aromatic ring is 1. The smallest absolute Gasteiger partial charge is 0.233 e. The summed E-state index contributed by atoms with van der Waals surface area (Å²) in [5, 5.41) is 8.26. The third kappa shape index (κ3) is 2.92. The van der Waals surface area contributed by atoms with E-state index in [1.165, 1.54) is 22.5 Å². The zero-order valence-electron chi connectivity index (χ0n) is 11.9. The van der Waals surface area contributed by atoms with E-state index in [2.05, 4.69) is 10.2 Å². The highest BCUT2D eigenvalue weighted by Crippen LogP contribution is 2.24. The number of halogens is 1. The molecule has 1 saturated heterocycles. The molecule has 22 heavy (non-hydrogen) atoms. The SMILES string of the molecule is Nn1c(SCC(=O)N2CCCC2)nnc1-c1ccccc1F. The van der Waals surface area contributed by atoms with Crippen LogP contribution in [0.1, 0.15) is 12.8 Å². The van der Waals surface area contributed by atoms with E-state index in [-0.39, 0.29) is 23.0 Å². The van der Waals surface area contributed by atoms with E-state index in [9.17, 15) is 9.18 Å². The number of hydrogen-bond acceptors (Lipinski definition) is 5.